The molecule has 126 valence electrons. The lowest BCUT2D eigenvalue weighted by Gasteiger charge is -2.13. The first-order valence-corrected chi connectivity index (χ1v) is 7.50. The summed E-state index contributed by atoms with van der Waals surface area (Å²) < 4.78 is 5.20. The van der Waals surface area contributed by atoms with Crippen LogP contribution in [0.25, 0.3) is 0 Å². The summed E-state index contributed by atoms with van der Waals surface area (Å²) in [5, 5.41) is 21.6. The van der Waals surface area contributed by atoms with Crippen molar-refractivity contribution in [2.24, 2.45) is 0 Å². The van der Waals surface area contributed by atoms with Crippen LogP contribution in [0.1, 0.15) is 56.3 Å². The van der Waals surface area contributed by atoms with E-state index in [1.54, 1.807) is 6.92 Å². The van der Waals surface area contributed by atoms with Crippen molar-refractivity contribution < 1.29 is 19.4 Å². The number of nitrogens with zero attached hydrogens (tertiary/aromatic N) is 2. The van der Waals surface area contributed by atoms with Crippen LogP contribution in [0.5, 0.6) is 0 Å². The number of ether oxygens (including phenoxy) is 1. The monoisotopic (exact) mass is 324 g/mol. The van der Waals surface area contributed by atoms with Crippen LogP contribution in [0, 0.1) is 20.2 Å². The SMILES string of the molecule is CCCCCCC(C)OC(=O)c1cc([N+](=O)[O-])cc([N+](=O)[O-])c1. The van der Waals surface area contributed by atoms with Gasteiger partial charge in [0, 0.05) is 12.1 Å². The second kappa shape index (κ2) is 8.82. The highest BCUT2D eigenvalue weighted by Crippen LogP contribution is 2.23. The molecule has 1 aromatic rings. The Hall–Kier alpha value is -2.51. The van der Waals surface area contributed by atoms with Gasteiger partial charge in [-0.3, -0.25) is 20.2 Å². The van der Waals surface area contributed by atoms with Crippen molar-refractivity contribution in [1.29, 1.82) is 0 Å². The maximum atomic E-state index is 12.0. The van der Waals surface area contributed by atoms with Crippen molar-refractivity contribution >= 4 is 17.3 Å². The molecular formula is C15H20N2O6. The van der Waals surface area contributed by atoms with E-state index in [-0.39, 0.29) is 11.7 Å². The van der Waals surface area contributed by atoms with Crippen LogP contribution in [-0.4, -0.2) is 21.9 Å². The van der Waals surface area contributed by atoms with Gasteiger partial charge in [-0.05, 0) is 19.8 Å². The Bertz CT molecular complexity index is 555. The lowest BCUT2D eigenvalue weighted by molar-refractivity contribution is -0.394. The van der Waals surface area contributed by atoms with E-state index in [0.29, 0.717) is 6.42 Å². The molecule has 0 aromatic heterocycles. The zero-order valence-electron chi connectivity index (χ0n) is 13.2. The van der Waals surface area contributed by atoms with E-state index in [4.69, 9.17) is 4.74 Å². The van der Waals surface area contributed by atoms with Gasteiger partial charge in [-0.25, -0.2) is 4.79 Å². The average Bonchev–Trinajstić information content (AvgIpc) is 2.50. The van der Waals surface area contributed by atoms with Crippen LogP contribution >= 0.6 is 0 Å². The zero-order valence-corrected chi connectivity index (χ0v) is 13.2. The minimum atomic E-state index is -0.792. The predicted octanol–water partition coefficient (Wildman–Crippen LogP) is 4.02. The van der Waals surface area contributed by atoms with Gasteiger partial charge >= 0.3 is 5.97 Å². The van der Waals surface area contributed by atoms with E-state index < -0.39 is 27.2 Å². The summed E-state index contributed by atoms with van der Waals surface area (Å²) in [5.41, 5.74) is -1.21. The molecule has 8 heteroatoms. The first kappa shape index (κ1) is 18.5. The van der Waals surface area contributed by atoms with E-state index in [1.165, 1.54) is 0 Å². The topological polar surface area (TPSA) is 113 Å². The number of benzene rings is 1. The van der Waals surface area contributed by atoms with Crippen molar-refractivity contribution in [2.45, 2.75) is 52.1 Å². The molecule has 1 atom stereocenters. The second-order valence-corrected chi connectivity index (χ2v) is 5.32. The molecule has 0 amide bonds. The minimum absolute atomic E-state index is 0.189. The summed E-state index contributed by atoms with van der Waals surface area (Å²) in [5.74, 6) is -0.792. The Morgan fingerprint density at radius 2 is 1.65 bits per heavy atom. The molecule has 0 aliphatic carbocycles. The van der Waals surface area contributed by atoms with Crippen molar-refractivity contribution in [3.63, 3.8) is 0 Å². The molecule has 0 heterocycles. The third kappa shape index (κ3) is 6.01. The van der Waals surface area contributed by atoms with Gasteiger partial charge in [0.1, 0.15) is 0 Å². The molecule has 23 heavy (non-hydrogen) atoms. The van der Waals surface area contributed by atoms with Crippen molar-refractivity contribution in [2.75, 3.05) is 0 Å². The normalized spacial score (nSPS) is 11.7. The Morgan fingerprint density at radius 1 is 1.09 bits per heavy atom. The third-order valence-corrected chi connectivity index (χ3v) is 3.33. The highest BCUT2D eigenvalue weighted by molar-refractivity contribution is 5.91. The molecule has 8 nitrogen and oxygen atoms in total. The van der Waals surface area contributed by atoms with Gasteiger partial charge < -0.3 is 4.74 Å². The highest BCUT2D eigenvalue weighted by atomic mass is 16.6. The van der Waals surface area contributed by atoms with Gasteiger partial charge in [-0.1, -0.05) is 26.2 Å². The molecule has 0 saturated heterocycles. The lowest BCUT2D eigenvalue weighted by atomic mass is 10.1. The van der Waals surface area contributed by atoms with Crippen molar-refractivity contribution in [3.05, 3.63) is 44.0 Å². The largest absolute Gasteiger partial charge is 0.459 e. The summed E-state index contributed by atoms with van der Waals surface area (Å²) in [6.45, 7) is 3.83. The number of carbonyl (C=O) groups is 1. The van der Waals surface area contributed by atoms with Crippen LogP contribution in [0.4, 0.5) is 11.4 Å². The molecule has 0 aliphatic rings. The maximum absolute atomic E-state index is 12.0. The fourth-order valence-electron chi connectivity index (χ4n) is 2.09. The highest BCUT2D eigenvalue weighted by Gasteiger charge is 2.21. The number of nitro groups is 2. The Kier molecular flexibility index (Phi) is 7.11. The molecule has 1 rings (SSSR count). The summed E-state index contributed by atoms with van der Waals surface area (Å²) in [7, 11) is 0. The van der Waals surface area contributed by atoms with Crippen LogP contribution in [0.3, 0.4) is 0 Å². The average molecular weight is 324 g/mol. The van der Waals surface area contributed by atoms with Crippen molar-refractivity contribution in [3.8, 4) is 0 Å². The number of esters is 1. The molecule has 0 spiro atoms. The molecule has 0 N–H and O–H groups in total. The third-order valence-electron chi connectivity index (χ3n) is 3.33. The van der Waals surface area contributed by atoms with Gasteiger partial charge in [0.05, 0.1) is 27.6 Å². The Balaban J connectivity index is 2.78. The smallest absolute Gasteiger partial charge is 0.338 e. The van der Waals surface area contributed by atoms with Gasteiger partial charge in [0.25, 0.3) is 11.4 Å². The summed E-state index contributed by atoms with van der Waals surface area (Å²) in [6.07, 6.45) is 4.50. The zero-order chi connectivity index (χ0) is 17.4. The van der Waals surface area contributed by atoms with Gasteiger partial charge in [0.15, 0.2) is 0 Å². The van der Waals surface area contributed by atoms with Crippen LogP contribution in [-0.2, 0) is 4.74 Å². The van der Waals surface area contributed by atoms with Crippen LogP contribution in [0.2, 0.25) is 0 Å². The minimum Gasteiger partial charge on any atom is -0.459 e. The number of carbonyl (C=O) groups excluding carboxylic acids is 1. The quantitative estimate of drug-likeness (QED) is 0.293. The molecule has 0 saturated carbocycles. The number of hydrogen-bond acceptors (Lipinski definition) is 6. The number of hydrogen-bond donors (Lipinski definition) is 0. The molecular weight excluding hydrogens is 304 g/mol. The van der Waals surface area contributed by atoms with Gasteiger partial charge in [-0.15, -0.1) is 0 Å². The van der Waals surface area contributed by atoms with E-state index in [1.807, 2.05) is 0 Å². The molecule has 0 bridgehead atoms. The van der Waals surface area contributed by atoms with Crippen molar-refractivity contribution in [1.82, 2.24) is 0 Å². The van der Waals surface area contributed by atoms with Gasteiger partial charge in [-0.2, -0.15) is 0 Å². The standard InChI is InChI=1S/C15H20N2O6/c1-3-4-5-6-7-11(2)23-15(18)12-8-13(16(19)20)10-14(9-12)17(21)22/h8-11H,3-7H2,1-2H3. The molecule has 0 aliphatic heterocycles. The summed E-state index contributed by atoms with van der Waals surface area (Å²) >= 11 is 0. The predicted molar refractivity (Wildman–Crippen MR) is 83.4 cm³/mol. The van der Waals surface area contributed by atoms with E-state index in [2.05, 4.69) is 6.92 Å². The number of rotatable bonds is 9. The van der Waals surface area contributed by atoms with E-state index in [9.17, 15) is 25.0 Å². The first-order chi connectivity index (χ1) is 10.8. The Morgan fingerprint density at radius 3 is 2.13 bits per heavy atom. The number of non-ortho nitro benzene ring substituents is 2. The Labute approximate surface area is 133 Å². The molecule has 1 aromatic carbocycles. The maximum Gasteiger partial charge on any atom is 0.338 e. The van der Waals surface area contributed by atoms with E-state index in [0.717, 1.165) is 43.9 Å². The fourth-order valence-corrected chi connectivity index (χ4v) is 2.09. The molecule has 1 unspecified atom stereocenters. The first-order valence-electron chi connectivity index (χ1n) is 7.50. The van der Waals surface area contributed by atoms with Crippen LogP contribution < -0.4 is 0 Å². The number of unbranched alkanes of at least 4 members (excludes halogenated alkanes) is 3. The molecule has 0 fully saturated rings. The van der Waals surface area contributed by atoms with E-state index >= 15 is 0 Å². The lowest BCUT2D eigenvalue weighted by Crippen LogP contribution is -2.15. The second-order valence-electron chi connectivity index (χ2n) is 5.32. The summed E-state index contributed by atoms with van der Waals surface area (Å²) in [4.78, 5) is 32.1. The number of nitro benzene ring substituents is 2. The molecule has 0 radical (unpaired) electrons. The summed E-state index contributed by atoms with van der Waals surface area (Å²) in [6, 6.07) is 2.78. The van der Waals surface area contributed by atoms with Crippen LogP contribution in [0.15, 0.2) is 18.2 Å². The fraction of sp³-hybridized carbons (Fsp3) is 0.533. The van der Waals surface area contributed by atoms with Gasteiger partial charge in [0.2, 0.25) is 0 Å².